The van der Waals surface area contributed by atoms with Gasteiger partial charge in [-0.2, -0.15) is 0 Å². The third kappa shape index (κ3) is 6.15. The number of hydrogen-bond donors (Lipinski definition) is 0. The van der Waals surface area contributed by atoms with Gasteiger partial charge in [0.15, 0.2) is 17.5 Å². The van der Waals surface area contributed by atoms with E-state index in [1.807, 2.05) is 24.8 Å². The normalized spacial score (nSPS) is 11.6. The maximum absolute atomic E-state index is 5.65. The van der Waals surface area contributed by atoms with Crippen LogP contribution in [0.4, 0.5) is 0 Å². The average Bonchev–Trinajstić information content (AvgIpc) is 3.86. The Morgan fingerprint density at radius 3 is 1.15 bits per heavy atom. The minimum atomic E-state index is 0.564. The molecule has 7 nitrogen and oxygen atoms in total. The van der Waals surface area contributed by atoms with E-state index in [-0.39, 0.29) is 0 Å². The van der Waals surface area contributed by atoms with E-state index < -0.39 is 0 Å². The van der Waals surface area contributed by atoms with Crippen molar-refractivity contribution in [2.45, 2.75) is 27.7 Å². The summed E-state index contributed by atoms with van der Waals surface area (Å²) in [5, 5.41) is 4.53. The standard InChI is InChI=1S/C59H43N7/c1-36-16-5-7-20-40(36)46-24-14-26-48(55(46)65-50-28-11-9-22-42(50)44-30-32-60-34-52(44)65)57-62-58(64-59(63-57)54-38(3)18-13-19-39(54)4)49-27-15-25-47(41-21-8-6-17-37(41)2)56(49)66-51-29-12-10-23-43(51)45-31-33-61-35-53(45)66/h5-35H,1-4H3. The van der Waals surface area contributed by atoms with Gasteiger partial charge in [-0.25, -0.2) is 15.0 Å². The van der Waals surface area contributed by atoms with Crippen LogP contribution < -0.4 is 0 Å². The van der Waals surface area contributed by atoms with Crippen LogP contribution in [-0.4, -0.2) is 34.1 Å². The predicted octanol–water partition coefficient (Wildman–Crippen LogP) is 14.4. The molecule has 5 aromatic heterocycles. The Kier molecular flexibility index (Phi) is 9.24. The summed E-state index contributed by atoms with van der Waals surface area (Å²) in [6.07, 6.45) is 7.69. The number of rotatable bonds is 7. The van der Waals surface area contributed by atoms with Gasteiger partial charge in [0.05, 0.1) is 45.8 Å². The first-order valence-corrected chi connectivity index (χ1v) is 22.3. The molecule has 0 atom stereocenters. The maximum Gasteiger partial charge on any atom is 0.166 e. The fourth-order valence-corrected chi connectivity index (χ4v) is 10.1. The Balaban J connectivity index is 1.23. The molecule has 12 rings (SSSR count). The van der Waals surface area contributed by atoms with E-state index in [1.54, 1.807) is 0 Å². The van der Waals surface area contributed by atoms with Crippen LogP contribution in [0.1, 0.15) is 22.3 Å². The second-order valence-corrected chi connectivity index (χ2v) is 17.1. The van der Waals surface area contributed by atoms with Crippen molar-refractivity contribution < 1.29 is 0 Å². The van der Waals surface area contributed by atoms with Gasteiger partial charge in [0.1, 0.15) is 0 Å². The van der Waals surface area contributed by atoms with Crippen LogP contribution in [0.15, 0.2) is 189 Å². The lowest BCUT2D eigenvalue weighted by Crippen LogP contribution is -2.08. The molecule has 0 saturated heterocycles. The van der Waals surface area contributed by atoms with E-state index >= 15 is 0 Å². The molecule has 0 saturated carbocycles. The summed E-state index contributed by atoms with van der Waals surface area (Å²) in [6.45, 7) is 8.62. The molecule has 66 heavy (non-hydrogen) atoms. The van der Waals surface area contributed by atoms with Crippen LogP contribution >= 0.6 is 0 Å². The van der Waals surface area contributed by atoms with Crippen LogP contribution in [0.3, 0.4) is 0 Å². The predicted molar refractivity (Wildman–Crippen MR) is 270 cm³/mol. The Hall–Kier alpha value is -8.55. The molecule has 314 valence electrons. The third-order valence-corrected chi connectivity index (χ3v) is 13.2. The van der Waals surface area contributed by atoms with E-state index in [0.717, 1.165) is 105 Å². The molecule has 0 bridgehead atoms. The lowest BCUT2D eigenvalue weighted by atomic mass is 9.95. The van der Waals surface area contributed by atoms with E-state index in [1.165, 1.54) is 11.1 Å². The van der Waals surface area contributed by atoms with Gasteiger partial charge in [-0.05, 0) is 97.5 Å². The van der Waals surface area contributed by atoms with Crippen molar-refractivity contribution >= 4 is 43.6 Å². The first kappa shape index (κ1) is 39.1. The molecular formula is C59H43N7. The van der Waals surface area contributed by atoms with Gasteiger partial charge in [-0.1, -0.05) is 127 Å². The fourth-order valence-electron chi connectivity index (χ4n) is 10.1. The zero-order chi connectivity index (χ0) is 44.5. The van der Waals surface area contributed by atoms with E-state index in [0.29, 0.717) is 17.5 Å². The quantitative estimate of drug-likeness (QED) is 0.160. The molecule has 0 amide bonds. The van der Waals surface area contributed by atoms with Crippen molar-refractivity contribution in [3.63, 3.8) is 0 Å². The maximum atomic E-state index is 5.65. The summed E-state index contributed by atoms with van der Waals surface area (Å²) >= 11 is 0. The zero-order valence-electron chi connectivity index (χ0n) is 37.0. The zero-order valence-corrected chi connectivity index (χ0v) is 37.0. The average molecular weight is 850 g/mol. The number of pyridine rings is 2. The van der Waals surface area contributed by atoms with Gasteiger partial charge in [-0.15, -0.1) is 0 Å². The topological polar surface area (TPSA) is 74.3 Å². The molecule has 0 N–H and O–H groups in total. The summed E-state index contributed by atoms with van der Waals surface area (Å²) < 4.78 is 4.71. The molecule has 7 aromatic carbocycles. The Labute approximate surface area is 382 Å². The second kappa shape index (κ2) is 15.6. The first-order chi connectivity index (χ1) is 32.4. The number of fused-ring (bicyclic) bond motifs is 6. The van der Waals surface area contributed by atoms with Crippen LogP contribution in [0.5, 0.6) is 0 Å². The molecule has 0 spiro atoms. The minimum absolute atomic E-state index is 0.564. The highest BCUT2D eigenvalue weighted by atomic mass is 15.1. The highest BCUT2D eigenvalue weighted by Gasteiger charge is 2.26. The van der Waals surface area contributed by atoms with E-state index in [9.17, 15) is 0 Å². The van der Waals surface area contributed by atoms with E-state index in [4.69, 9.17) is 24.9 Å². The number of hydrogen-bond acceptors (Lipinski definition) is 5. The summed E-state index contributed by atoms with van der Waals surface area (Å²) in [7, 11) is 0. The summed E-state index contributed by atoms with van der Waals surface area (Å²) in [6, 6.07) is 57.9. The van der Waals surface area contributed by atoms with Crippen molar-refractivity contribution in [1.29, 1.82) is 0 Å². The van der Waals surface area contributed by atoms with E-state index in [2.05, 4.69) is 201 Å². The summed E-state index contributed by atoms with van der Waals surface area (Å²) in [4.78, 5) is 26.1. The van der Waals surface area contributed by atoms with Crippen molar-refractivity contribution in [3.05, 3.63) is 211 Å². The lowest BCUT2D eigenvalue weighted by molar-refractivity contribution is 1.05. The van der Waals surface area contributed by atoms with Gasteiger partial charge < -0.3 is 9.13 Å². The van der Waals surface area contributed by atoms with Crippen LogP contribution in [0.25, 0.3) is 111 Å². The van der Waals surface area contributed by atoms with Crippen LogP contribution in [0.2, 0.25) is 0 Å². The van der Waals surface area contributed by atoms with Gasteiger partial charge in [0, 0.05) is 61.8 Å². The summed E-state index contributed by atoms with van der Waals surface area (Å²) in [5.41, 5.74) is 17.7. The lowest BCUT2D eigenvalue weighted by Gasteiger charge is -2.21. The highest BCUT2D eigenvalue weighted by molar-refractivity contribution is 6.11. The molecular weight excluding hydrogens is 807 g/mol. The monoisotopic (exact) mass is 849 g/mol. The van der Waals surface area contributed by atoms with Gasteiger partial charge in [0.25, 0.3) is 0 Å². The van der Waals surface area contributed by atoms with Crippen molar-refractivity contribution in [1.82, 2.24) is 34.1 Å². The van der Waals surface area contributed by atoms with Crippen molar-refractivity contribution in [2.75, 3.05) is 0 Å². The van der Waals surface area contributed by atoms with Gasteiger partial charge >= 0.3 is 0 Å². The fraction of sp³-hybridized carbons (Fsp3) is 0.0678. The molecule has 0 aliphatic heterocycles. The molecule has 0 aliphatic rings. The molecule has 5 heterocycles. The number of aryl methyl sites for hydroxylation is 4. The first-order valence-electron chi connectivity index (χ1n) is 22.3. The van der Waals surface area contributed by atoms with Crippen molar-refractivity contribution in [2.24, 2.45) is 0 Å². The number of benzene rings is 7. The Morgan fingerprint density at radius 2 is 0.667 bits per heavy atom. The number of nitrogens with zero attached hydrogens (tertiary/aromatic N) is 7. The van der Waals surface area contributed by atoms with Crippen LogP contribution in [0, 0.1) is 27.7 Å². The number of para-hydroxylation sites is 4. The SMILES string of the molecule is Cc1ccccc1-c1cccc(-c2nc(-c3cccc(-c4ccccc4C)c3-n3c4ccccc4c4ccncc43)nc(-c3c(C)cccc3C)n2)c1-n1c2ccccc2c2ccncc21. The molecule has 0 aliphatic carbocycles. The molecule has 0 radical (unpaired) electrons. The van der Waals surface area contributed by atoms with Gasteiger partial charge in [0.2, 0.25) is 0 Å². The molecule has 0 fully saturated rings. The van der Waals surface area contributed by atoms with Crippen molar-refractivity contribution in [3.8, 4) is 67.8 Å². The third-order valence-electron chi connectivity index (χ3n) is 13.2. The number of aromatic nitrogens is 7. The smallest absolute Gasteiger partial charge is 0.166 e. The van der Waals surface area contributed by atoms with Crippen LogP contribution in [-0.2, 0) is 0 Å². The highest BCUT2D eigenvalue weighted by Crippen LogP contribution is 2.44. The Morgan fingerprint density at radius 1 is 0.303 bits per heavy atom. The second-order valence-electron chi connectivity index (χ2n) is 17.1. The largest absolute Gasteiger partial charge is 0.306 e. The Bertz CT molecular complexity index is 3540. The summed E-state index contributed by atoms with van der Waals surface area (Å²) in [5.74, 6) is 1.74. The molecule has 0 unspecified atom stereocenters. The molecule has 12 aromatic rings. The molecule has 7 heteroatoms. The minimum Gasteiger partial charge on any atom is -0.306 e. The van der Waals surface area contributed by atoms with Gasteiger partial charge in [-0.3, -0.25) is 9.97 Å².